The van der Waals surface area contributed by atoms with Gasteiger partial charge >= 0.3 is 5.97 Å². The number of primary amides is 1. The van der Waals surface area contributed by atoms with Gasteiger partial charge in [-0.2, -0.15) is 0 Å². The van der Waals surface area contributed by atoms with Crippen LogP contribution >= 0.6 is 0 Å². The zero-order chi connectivity index (χ0) is 21.7. The van der Waals surface area contributed by atoms with Crippen molar-refractivity contribution in [1.29, 1.82) is 0 Å². The van der Waals surface area contributed by atoms with Crippen molar-refractivity contribution in [2.24, 2.45) is 5.73 Å². The molecule has 0 radical (unpaired) electrons. The normalized spacial score (nSPS) is 14.9. The Kier molecular flexibility index (Phi) is 6.32. The fourth-order valence-electron chi connectivity index (χ4n) is 3.17. The molecule has 7 nitrogen and oxygen atoms in total. The second-order valence-electron chi connectivity index (χ2n) is 6.71. The van der Waals surface area contributed by atoms with Crippen molar-refractivity contribution in [3.63, 3.8) is 0 Å². The molecular weight excluding hydrogens is 384 g/mol. The maximum atomic E-state index is 13.1. The number of nitrogens with zero attached hydrogens (tertiary/aromatic N) is 1. The Morgan fingerprint density at radius 1 is 1.07 bits per heavy atom. The van der Waals surface area contributed by atoms with Gasteiger partial charge in [0.2, 0.25) is 0 Å². The highest BCUT2D eigenvalue weighted by Crippen LogP contribution is 2.33. The lowest BCUT2D eigenvalue weighted by Gasteiger charge is -2.17. The number of nitrogens with two attached hydrogens (primary N) is 1. The predicted octanol–water partition coefficient (Wildman–Crippen LogP) is 2.42. The molecule has 0 spiro atoms. The Morgan fingerprint density at radius 3 is 2.33 bits per heavy atom. The molecule has 1 heterocycles. The number of hydrogen-bond acceptors (Lipinski definition) is 5. The fourth-order valence-corrected chi connectivity index (χ4v) is 3.17. The number of benzene rings is 2. The molecule has 0 saturated carbocycles. The first-order chi connectivity index (χ1) is 14.4. The molecule has 0 aromatic heterocycles. The highest BCUT2D eigenvalue weighted by Gasteiger charge is 2.36. The Balaban J connectivity index is 1.91. The summed E-state index contributed by atoms with van der Waals surface area (Å²) in [7, 11) is 1.29. The van der Waals surface area contributed by atoms with Crippen LogP contribution in [-0.2, 0) is 25.7 Å². The van der Waals surface area contributed by atoms with E-state index in [1.807, 2.05) is 30.3 Å². The van der Waals surface area contributed by atoms with Crippen molar-refractivity contribution in [1.82, 2.24) is 4.90 Å². The van der Waals surface area contributed by atoms with E-state index in [-0.39, 0.29) is 23.7 Å². The van der Waals surface area contributed by atoms with Crippen molar-refractivity contribution >= 4 is 23.9 Å². The van der Waals surface area contributed by atoms with Crippen molar-refractivity contribution in [2.75, 3.05) is 13.7 Å². The van der Waals surface area contributed by atoms with Gasteiger partial charge < -0.3 is 20.1 Å². The van der Waals surface area contributed by atoms with Crippen LogP contribution in [0.3, 0.4) is 0 Å². The summed E-state index contributed by atoms with van der Waals surface area (Å²) in [5, 5.41) is 0. The van der Waals surface area contributed by atoms with E-state index >= 15 is 0 Å². The Labute approximate surface area is 174 Å². The van der Waals surface area contributed by atoms with E-state index in [0.29, 0.717) is 23.6 Å². The van der Waals surface area contributed by atoms with E-state index in [1.54, 1.807) is 42.2 Å². The van der Waals surface area contributed by atoms with Gasteiger partial charge in [-0.25, -0.2) is 4.79 Å². The van der Waals surface area contributed by atoms with E-state index in [4.69, 9.17) is 15.2 Å². The number of carbonyl (C=O) groups is 3. The molecule has 7 heteroatoms. The molecule has 0 fully saturated rings. The summed E-state index contributed by atoms with van der Waals surface area (Å²) in [5.74, 6) is -0.936. The molecule has 1 aliphatic heterocycles. The van der Waals surface area contributed by atoms with Crippen LogP contribution < -0.4 is 10.5 Å². The minimum atomic E-state index is -0.570. The molecular formula is C23H22N2O5. The topological polar surface area (TPSA) is 98.9 Å². The van der Waals surface area contributed by atoms with Gasteiger partial charge in [0.25, 0.3) is 11.8 Å². The lowest BCUT2D eigenvalue weighted by Crippen LogP contribution is -2.24. The van der Waals surface area contributed by atoms with Crippen LogP contribution in [0.1, 0.15) is 18.1 Å². The standard InChI is InChI=1S/C23H22N2O5/c1-15-21(23(28)29-2)19(22(27)25(15)13-17-6-4-3-5-7-17)12-16-8-10-18(11-9-16)30-14-20(24)26/h3-12H,13-14H2,1-2H3,(H2,24,26)/b19-12-. The van der Waals surface area contributed by atoms with Gasteiger partial charge in [-0.15, -0.1) is 0 Å². The smallest absolute Gasteiger partial charge is 0.340 e. The van der Waals surface area contributed by atoms with E-state index in [9.17, 15) is 14.4 Å². The molecule has 2 aromatic rings. The zero-order valence-electron chi connectivity index (χ0n) is 16.8. The highest BCUT2D eigenvalue weighted by molar-refractivity contribution is 6.16. The minimum Gasteiger partial charge on any atom is -0.484 e. The molecule has 0 atom stereocenters. The van der Waals surface area contributed by atoms with Crippen LogP contribution in [0, 0.1) is 0 Å². The molecule has 0 unspecified atom stereocenters. The Bertz CT molecular complexity index is 1020. The number of hydrogen-bond donors (Lipinski definition) is 1. The van der Waals surface area contributed by atoms with Crippen molar-refractivity contribution < 1.29 is 23.9 Å². The molecule has 2 aromatic carbocycles. The summed E-state index contributed by atoms with van der Waals surface area (Å²) < 4.78 is 10.1. The van der Waals surface area contributed by atoms with Crippen LogP contribution in [0.5, 0.6) is 5.75 Å². The average Bonchev–Trinajstić information content (AvgIpc) is 2.97. The molecule has 0 saturated heterocycles. The first-order valence-electron chi connectivity index (χ1n) is 9.29. The van der Waals surface area contributed by atoms with Crippen molar-refractivity contribution in [3.05, 3.63) is 82.6 Å². The lowest BCUT2D eigenvalue weighted by molar-refractivity contribution is -0.136. The third-order valence-corrected chi connectivity index (χ3v) is 4.66. The van der Waals surface area contributed by atoms with Crippen LogP contribution in [0.25, 0.3) is 6.08 Å². The minimum absolute atomic E-state index is 0.220. The molecule has 0 bridgehead atoms. The number of amides is 2. The van der Waals surface area contributed by atoms with E-state index in [0.717, 1.165) is 5.56 Å². The summed E-state index contributed by atoms with van der Waals surface area (Å²) >= 11 is 0. The van der Waals surface area contributed by atoms with E-state index < -0.39 is 11.9 Å². The van der Waals surface area contributed by atoms with Gasteiger partial charge in [0.1, 0.15) is 5.75 Å². The fraction of sp³-hybridized carbons (Fsp3) is 0.174. The molecule has 2 amide bonds. The maximum absolute atomic E-state index is 13.1. The monoisotopic (exact) mass is 406 g/mol. The SMILES string of the molecule is COC(=O)C1=C(C)N(Cc2ccccc2)C(=O)/C1=C\c1ccc(OCC(N)=O)cc1. The van der Waals surface area contributed by atoms with Crippen molar-refractivity contribution in [3.8, 4) is 5.75 Å². The molecule has 30 heavy (non-hydrogen) atoms. The summed E-state index contributed by atoms with van der Waals surface area (Å²) in [4.78, 5) is 37.9. The first kappa shape index (κ1) is 20.9. The largest absolute Gasteiger partial charge is 0.484 e. The molecule has 0 aliphatic carbocycles. The lowest BCUT2D eigenvalue weighted by atomic mass is 10.0. The van der Waals surface area contributed by atoms with Gasteiger partial charge in [-0.1, -0.05) is 42.5 Å². The van der Waals surface area contributed by atoms with Gasteiger partial charge in [0.05, 0.1) is 24.8 Å². The Hall–Kier alpha value is -3.87. The summed E-state index contributed by atoms with van der Waals surface area (Å²) in [6.07, 6.45) is 1.64. The molecule has 2 N–H and O–H groups in total. The Morgan fingerprint density at radius 2 is 1.73 bits per heavy atom. The summed E-state index contributed by atoms with van der Waals surface area (Å²) in [6, 6.07) is 16.3. The quantitative estimate of drug-likeness (QED) is 0.562. The summed E-state index contributed by atoms with van der Waals surface area (Å²) in [5.41, 5.74) is 7.77. The van der Waals surface area contributed by atoms with Gasteiger partial charge in [0, 0.05) is 5.70 Å². The highest BCUT2D eigenvalue weighted by atomic mass is 16.5. The molecule has 154 valence electrons. The van der Waals surface area contributed by atoms with Crippen LogP contribution in [0.4, 0.5) is 0 Å². The zero-order valence-corrected chi connectivity index (χ0v) is 16.8. The van der Waals surface area contributed by atoms with E-state index in [1.165, 1.54) is 7.11 Å². The average molecular weight is 406 g/mol. The molecule has 3 rings (SSSR count). The van der Waals surface area contributed by atoms with Gasteiger partial charge in [-0.05, 0) is 36.3 Å². The number of ether oxygens (including phenoxy) is 2. The third-order valence-electron chi connectivity index (χ3n) is 4.66. The third kappa shape index (κ3) is 4.57. The number of allylic oxidation sites excluding steroid dienone is 1. The van der Waals surface area contributed by atoms with E-state index in [2.05, 4.69) is 0 Å². The number of esters is 1. The van der Waals surface area contributed by atoms with Crippen LogP contribution in [0.2, 0.25) is 0 Å². The maximum Gasteiger partial charge on any atom is 0.340 e. The molecule has 1 aliphatic rings. The first-order valence-corrected chi connectivity index (χ1v) is 9.29. The van der Waals surface area contributed by atoms with Gasteiger partial charge in [0.15, 0.2) is 6.61 Å². The van der Waals surface area contributed by atoms with Crippen molar-refractivity contribution in [2.45, 2.75) is 13.5 Å². The number of carbonyl (C=O) groups excluding carboxylic acids is 3. The second kappa shape index (κ2) is 9.09. The predicted molar refractivity (Wildman–Crippen MR) is 111 cm³/mol. The number of methoxy groups -OCH3 is 1. The second-order valence-corrected chi connectivity index (χ2v) is 6.71. The summed E-state index contributed by atoms with van der Waals surface area (Å²) in [6.45, 7) is 1.86. The van der Waals surface area contributed by atoms with Crippen LogP contribution in [-0.4, -0.2) is 36.4 Å². The van der Waals surface area contributed by atoms with Gasteiger partial charge in [-0.3, -0.25) is 9.59 Å². The number of rotatable bonds is 7. The van der Waals surface area contributed by atoms with Crippen LogP contribution in [0.15, 0.2) is 71.4 Å².